The number of ether oxygens (including phenoxy) is 1. The van der Waals surface area contributed by atoms with Gasteiger partial charge in [0.2, 0.25) is 5.91 Å². The zero-order valence-corrected chi connectivity index (χ0v) is 25.0. The van der Waals surface area contributed by atoms with Gasteiger partial charge in [0.05, 0.1) is 52.9 Å². The summed E-state index contributed by atoms with van der Waals surface area (Å²) in [4.78, 5) is 60.8. The fourth-order valence-corrected chi connectivity index (χ4v) is 7.26. The fourth-order valence-electron chi connectivity index (χ4n) is 7.26. The Balaban J connectivity index is 1.25. The second-order valence-electron chi connectivity index (χ2n) is 12.2. The SMILES string of the molecule is Cn1cnc2cc(COc3cccc4c3[C@@H](CN3C(=O)c5ccccc5C3=O)N(C(=O)C3CCCCC3C(=O)O)CC4)ccc21. The van der Waals surface area contributed by atoms with Crippen molar-refractivity contribution >= 4 is 34.7 Å². The lowest BCUT2D eigenvalue weighted by molar-refractivity contribution is -0.153. The normalized spacial score (nSPS) is 21.1. The van der Waals surface area contributed by atoms with E-state index in [0.29, 0.717) is 42.7 Å². The molecule has 3 aromatic carbocycles. The summed E-state index contributed by atoms with van der Waals surface area (Å²) in [7, 11) is 1.94. The van der Waals surface area contributed by atoms with Gasteiger partial charge in [0.25, 0.3) is 11.8 Å². The van der Waals surface area contributed by atoms with Gasteiger partial charge in [-0.05, 0) is 60.7 Å². The van der Waals surface area contributed by atoms with Crippen molar-refractivity contribution in [1.29, 1.82) is 0 Å². The van der Waals surface area contributed by atoms with Gasteiger partial charge >= 0.3 is 5.97 Å². The molecule has 0 spiro atoms. The Morgan fingerprint density at radius 2 is 1.69 bits per heavy atom. The van der Waals surface area contributed by atoms with E-state index in [-0.39, 0.29) is 19.1 Å². The maximum Gasteiger partial charge on any atom is 0.307 e. The lowest BCUT2D eigenvalue weighted by Crippen LogP contribution is -2.50. The minimum Gasteiger partial charge on any atom is -0.489 e. The summed E-state index contributed by atoms with van der Waals surface area (Å²) >= 11 is 0. The van der Waals surface area contributed by atoms with Crippen LogP contribution in [0.4, 0.5) is 0 Å². The molecule has 0 radical (unpaired) electrons. The van der Waals surface area contributed by atoms with Gasteiger partial charge in [-0.1, -0.05) is 43.2 Å². The predicted molar refractivity (Wildman–Crippen MR) is 165 cm³/mol. The van der Waals surface area contributed by atoms with Gasteiger partial charge in [-0.25, -0.2) is 4.98 Å². The highest BCUT2D eigenvalue weighted by Gasteiger charge is 2.45. The number of imide groups is 1. The minimum absolute atomic E-state index is 0.0597. The first-order valence-corrected chi connectivity index (χ1v) is 15.4. The zero-order chi connectivity index (χ0) is 31.2. The number of aliphatic carboxylic acids is 1. The number of hydrogen-bond donors (Lipinski definition) is 1. The van der Waals surface area contributed by atoms with E-state index in [9.17, 15) is 24.3 Å². The number of nitrogens with zero attached hydrogens (tertiary/aromatic N) is 4. The molecule has 1 N–H and O–H groups in total. The van der Waals surface area contributed by atoms with Crippen LogP contribution >= 0.6 is 0 Å². The van der Waals surface area contributed by atoms with Crippen molar-refractivity contribution in [3.63, 3.8) is 0 Å². The Morgan fingerprint density at radius 3 is 2.42 bits per heavy atom. The minimum atomic E-state index is -0.962. The molecule has 7 rings (SSSR count). The number of aromatic nitrogens is 2. The zero-order valence-electron chi connectivity index (χ0n) is 25.0. The number of hydrogen-bond acceptors (Lipinski definition) is 6. The quantitative estimate of drug-likeness (QED) is 0.301. The highest BCUT2D eigenvalue weighted by Crippen LogP contribution is 2.41. The van der Waals surface area contributed by atoms with Crippen LogP contribution in [0.1, 0.15) is 69.1 Å². The third-order valence-electron chi connectivity index (χ3n) is 9.59. The first-order chi connectivity index (χ1) is 21.8. The van der Waals surface area contributed by atoms with Crippen molar-refractivity contribution < 1.29 is 29.0 Å². The van der Waals surface area contributed by atoms with Gasteiger partial charge in [-0.3, -0.25) is 24.1 Å². The van der Waals surface area contributed by atoms with Crippen LogP contribution in [0.25, 0.3) is 11.0 Å². The van der Waals surface area contributed by atoms with Gasteiger partial charge in [-0.2, -0.15) is 0 Å². The van der Waals surface area contributed by atoms with Crippen LogP contribution in [0.2, 0.25) is 0 Å². The number of fused-ring (bicyclic) bond motifs is 3. The molecule has 3 atom stereocenters. The Kier molecular flexibility index (Phi) is 7.35. The highest BCUT2D eigenvalue weighted by molar-refractivity contribution is 6.21. The fraction of sp³-hybridized carbons (Fsp3) is 0.343. The molecule has 230 valence electrons. The van der Waals surface area contributed by atoms with Gasteiger partial charge in [-0.15, -0.1) is 0 Å². The predicted octanol–water partition coefficient (Wildman–Crippen LogP) is 4.77. The molecule has 45 heavy (non-hydrogen) atoms. The number of carboxylic acids is 1. The van der Waals surface area contributed by atoms with Crippen LogP contribution in [0.15, 0.2) is 67.0 Å². The molecule has 1 saturated carbocycles. The first kappa shape index (κ1) is 28.8. The summed E-state index contributed by atoms with van der Waals surface area (Å²) in [6.45, 7) is 0.540. The van der Waals surface area contributed by atoms with E-state index in [2.05, 4.69) is 4.98 Å². The molecule has 1 fully saturated rings. The van der Waals surface area contributed by atoms with Crippen LogP contribution in [0.3, 0.4) is 0 Å². The largest absolute Gasteiger partial charge is 0.489 e. The van der Waals surface area contributed by atoms with Gasteiger partial charge < -0.3 is 19.3 Å². The number of benzene rings is 3. The van der Waals surface area contributed by atoms with Crippen LogP contribution < -0.4 is 4.74 Å². The Labute approximate surface area is 260 Å². The molecule has 3 aliphatic rings. The average molecular weight is 607 g/mol. The molecule has 1 aromatic heterocycles. The molecule has 0 bridgehead atoms. The molecule has 4 aromatic rings. The van der Waals surface area contributed by atoms with Crippen molar-refractivity contribution in [1.82, 2.24) is 19.4 Å². The molecule has 2 unspecified atom stereocenters. The maximum absolute atomic E-state index is 14.3. The smallest absolute Gasteiger partial charge is 0.307 e. The number of aryl methyl sites for hydroxylation is 1. The second-order valence-corrected chi connectivity index (χ2v) is 12.2. The molecule has 3 heterocycles. The Hall–Kier alpha value is -4.99. The summed E-state index contributed by atoms with van der Waals surface area (Å²) < 4.78 is 8.38. The van der Waals surface area contributed by atoms with E-state index in [0.717, 1.165) is 40.6 Å². The topological polar surface area (TPSA) is 122 Å². The third-order valence-corrected chi connectivity index (χ3v) is 9.59. The Bertz CT molecular complexity index is 1810. The second kappa shape index (κ2) is 11.5. The lowest BCUT2D eigenvalue weighted by atomic mass is 9.77. The van der Waals surface area contributed by atoms with E-state index >= 15 is 0 Å². The monoisotopic (exact) mass is 606 g/mol. The van der Waals surface area contributed by atoms with Gasteiger partial charge in [0.15, 0.2) is 0 Å². The van der Waals surface area contributed by atoms with Crippen molar-refractivity contribution in [2.75, 3.05) is 13.1 Å². The number of carbonyl (C=O) groups is 4. The highest BCUT2D eigenvalue weighted by atomic mass is 16.5. The van der Waals surface area contributed by atoms with Crippen molar-refractivity contribution in [2.24, 2.45) is 18.9 Å². The van der Waals surface area contributed by atoms with Crippen LogP contribution in [0.5, 0.6) is 5.75 Å². The molecular formula is C35H34N4O6. The summed E-state index contributed by atoms with van der Waals surface area (Å²) in [5.41, 5.74) is 5.17. The van der Waals surface area contributed by atoms with E-state index < -0.39 is 35.7 Å². The number of rotatable bonds is 7. The molecule has 10 heteroatoms. The lowest BCUT2D eigenvalue weighted by Gasteiger charge is -2.42. The molecule has 2 aliphatic heterocycles. The van der Waals surface area contributed by atoms with Gasteiger partial charge in [0.1, 0.15) is 12.4 Å². The standard InChI is InChI=1S/C35H34N4O6/c1-37-20-36-27-17-21(13-14-28(27)37)19-45-30-12-6-7-22-15-16-38(32(40)25-10-4-5-11-26(25)35(43)44)29(31(22)30)18-39-33(41)23-8-2-3-9-24(23)34(39)42/h2-3,6-9,12-14,17,20,25-26,29H,4-5,10-11,15-16,18-19H2,1H3,(H,43,44)/t25?,26?,29-/m1/s1. The number of carbonyl (C=O) groups excluding carboxylic acids is 3. The van der Waals surface area contributed by atoms with Crippen LogP contribution in [-0.4, -0.2) is 61.2 Å². The molecule has 0 saturated heterocycles. The van der Waals surface area contributed by atoms with Crippen molar-refractivity contribution in [2.45, 2.75) is 44.8 Å². The summed E-state index contributed by atoms with van der Waals surface area (Å²) in [6.07, 6.45) is 4.80. The average Bonchev–Trinajstić information content (AvgIpc) is 3.55. The third kappa shape index (κ3) is 5.04. The maximum atomic E-state index is 14.3. The number of amides is 3. The number of imidazole rings is 1. The van der Waals surface area contributed by atoms with E-state index in [1.165, 1.54) is 4.90 Å². The van der Waals surface area contributed by atoms with E-state index in [1.54, 1.807) is 35.5 Å². The molecular weight excluding hydrogens is 572 g/mol. The van der Waals surface area contributed by atoms with Crippen LogP contribution in [0, 0.1) is 11.8 Å². The summed E-state index contributed by atoms with van der Waals surface area (Å²) in [5.74, 6) is -2.88. The van der Waals surface area contributed by atoms with Crippen molar-refractivity contribution in [3.8, 4) is 5.75 Å². The molecule has 10 nitrogen and oxygen atoms in total. The first-order valence-electron chi connectivity index (χ1n) is 15.4. The van der Waals surface area contributed by atoms with E-state index in [4.69, 9.17) is 4.74 Å². The molecule has 3 amide bonds. The summed E-state index contributed by atoms with van der Waals surface area (Å²) in [6, 6.07) is 17.7. The molecule has 1 aliphatic carbocycles. The summed E-state index contributed by atoms with van der Waals surface area (Å²) in [5, 5.41) is 9.97. The number of carboxylic acid groups (broad SMARTS) is 1. The van der Waals surface area contributed by atoms with Crippen molar-refractivity contribution in [3.05, 3.63) is 94.8 Å². The Morgan fingerprint density at radius 1 is 0.956 bits per heavy atom. The van der Waals surface area contributed by atoms with E-state index in [1.807, 2.05) is 48.0 Å². The van der Waals surface area contributed by atoms with Gasteiger partial charge in [0, 0.05) is 19.2 Å². The van der Waals surface area contributed by atoms with Crippen LogP contribution in [-0.2, 0) is 29.7 Å².